The molecule has 0 aromatic heterocycles. The molecule has 1 heterocycles. The molecule has 1 fully saturated rings. The van der Waals surface area contributed by atoms with E-state index in [1.807, 2.05) is 12.1 Å². The second-order valence-corrected chi connectivity index (χ2v) is 11.1. The second kappa shape index (κ2) is 12.9. The first-order valence-corrected chi connectivity index (χ1v) is 14.6. The van der Waals surface area contributed by atoms with E-state index in [0.29, 0.717) is 17.6 Å². The first-order valence-electron chi connectivity index (χ1n) is 14.6. The molecule has 2 aromatic rings. The zero-order chi connectivity index (χ0) is 26.3. The number of fused-ring (bicyclic) bond motifs is 1. The van der Waals surface area contributed by atoms with Crippen molar-refractivity contribution < 1.29 is 14.6 Å². The smallest absolute Gasteiger partial charge is 0.119 e. The van der Waals surface area contributed by atoms with E-state index in [9.17, 15) is 5.11 Å². The van der Waals surface area contributed by atoms with E-state index < -0.39 is 0 Å². The molecule has 0 radical (unpaired) electrons. The topological polar surface area (TPSA) is 45.2 Å². The number of allylic oxidation sites excluding steroid dienone is 1. The Morgan fingerprint density at radius 3 is 2.61 bits per heavy atom. The van der Waals surface area contributed by atoms with E-state index in [2.05, 4.69) is 65.3 Å². The van der Waals surface area contributed by atoms with Crippen LogP contribution in [0.2, 0.25) is 0 Å². The number of hydrogen-bond donors (Lipinski definition) is 1. The van der Waals surface area contributed by atoms with Crippen molar-refractivity contribution in [3.63, 3.8) is 0 Å². The summed E-state index contributed by atoms with van der Waals surface area (Å²) in [6.07, 6.45) is 14.1. The highest BCUT2D eigenvalue weighted by Crippen LogP contribution is 2.38. The maximum atomic E-state index is 9.91. The number of methoxy groups -OCH3 is 1. The van der Waals surface area contributed by atoms with Gasteiger partial charge in [0.05, 0.1) is 7.11 Å². The highest BCUT2D eigenvalue weighted by molar-refractivity contribution is 5.37. The van der Waals surface area contributed by atoms with Gasteiger partial charge < -0.3 is 14.6 Å². The van der Waals surface area contributed by atoms with Crippen molar-refractivity contribution in [3.8, 4) is 11.5 Å². The number of likely N-dealkylation sites (N-methyl/N-ethyl adjacent to an activating group) is 1. The molecular weight excluding hydrogens is 472 g/mol. The lowest BCUT2D eigenvalue weighted by molar-refractivity contribution is 0.147. The summed E-state index contributed by atoms with van der Waals surface area (Å²) in [5.74, 6) is 3.27. The van der Waals surface area contributed by atoms with Gasteiger partial charge in [-0.15, -0.1) is 0 Å². The highest BCUT2D eigenvalue weighted by Gasteiger charge is 2.34. The Labute approximate surface area is 228 Å². The van der Waals surface area contributed by atoms with Crippen LogP contribution in [0.15, 0.2) is 66.5 Å². The van der Waals surface area contributed by atoms with E-state index in [1.54, 1.807) is 7.11 Å². The summed E-state index contributed by atoms with van der Waals surface area (Å²) in [6.45, 7) is 8.31. The van der Waals surface area contributed by atoms with Gasteiger partial charge in [0.1, 0.15) is 23.9 Å². The van der Waals surface area contributed by atoms with Gasteiger partial charge >= 0.3 is 0 Å². The van der Waals surface area contributed by atoms with Gasteiger partial charge in [-0.2, -0.15) is 0 Å². The molecule has 2 unspecified atom stereocenters. The first kappa shape index (κ1) is 26.8. The Kier molecular flexibility index (Phi) is 9.08. The van der Waals surface area contributed by atoms with Crippen molar-refractivity contribution in [1.82, 2.24) is 9.80 Å². The molecule has 2 aliphatic carbocycles. The van der Waals surface area contributed by atoms with Crippen LogP contribution < -0.4 is 4.74 Å². The summed E-state index contributed by atoms with van der Waals surface area (Å²) in [5.41, 5.74) is 3.99. The number of benzene rings is 2. The van der Waals surface area contributed by atoms with Gasteiger partial charge in [-0.05, 0) is 117 Å². The van der Waals surface area contributed by atoms with E-state index in [4.69, 9.17) is 9.47 Å². The summed E-state index contributed by atoms with van der Waals surface area (Å²) >= 11 is 0. The summed E-state index contributed by atoms with van der Waals surface area (Å²) in [5, 5.41) is 9.91. The average Bonchev–Trinajstić information content (AvgIpc) is 2.96. The summed E-state index contributed by atoms with van der Waals surface area (Å²) in [4.78, 5) is 5.09. The minimum absolute atomic E-state index is 0.282. The molecule has 1 aliphatic heterocycles. The molecule has 38 heavy (non-hydrogen) atoms. The number of hydrogen-bond acceptors (Lipinski definition) is 5. The third-order valence-electron chi connectivity index (χ3n) is 8.71. The average molecular weight is 517 g/mol. The standard InChI is InChI=1S/C33H44N2O3/c1-3-35(24-25-7-13-30(14-8-25)38-20-19-34-17-5-4-6-18-34)33-23-31(37-2)15-16-32(33)28-10-9-27-22-29(36)12-11-26(27)21-28/h7-8,11-16,22-23,28,32-33,36H,3-6,9-10,17-21,24H2,1-2H3/t28-,32?,33?/m1/s1. The predicted molar refractivity (Wildman–Crippen MR) is 153 cm³/mol. The molecule has 0 saturated carbocycles. The number of phenols is 1. The number of piperidine rings is 1. The summed E-state index contributed by atoms with van der Waals surface area (Å²) < 4.78 is 11.7. The second-order valence-electron chi connectivity index (χ2n) is 11.1. The number of nitrogens with zero attached hydrogens (tertiary/aromatic N) is 2. The largest absolute Gasteiger partial charge is 0.508 e. The van der Waals surface area contributed by atoms with Crippen LogP contribution in [0, 0.1) is 11.8 Å². The van der Waals surface area contributed by atoms with Crippen LogP contribution in [0.1, 0.15) is 49.3 Å². The lowest BCUT2D eigenvalue weighted by Crippen LogP contribution is -2.43. The van der Waals surface area contributed by atoms with Crippen molar-refractivity contribution >= 4 is 0 Å². The Morgan fingerprint density at radius 1 is 1.03 bits per heavy atom. The molecule has 1 N–H and O–H groups in total. The molecule has 2 aromatic carbocycles. The number of aryl methyl sites for hydroxylation is 1. The normalized spacial score (nSPS) is 23.7. The molecule has 5 nitrogen and oxygen atoms in total. The molecule has 5 rings (SSSR count). The Hall–Kier alpha value is -2.76. The summed E-state index contributed by atoms with van der Waals surface area (Å²) in [7, 11) is 1.76. The predicted octanol–water partition coefficient (Wildman–Crippen LogP) is 5.97. The zero-order valence-electron chi connectivity index (χ0n) is 23.1. The quantitative estimate of drug-likeness (QED) is 0.422. The highest BCUT2D eigenvalue weighted by atomic mass is 16.5. The minimum Gasteiger partial charge on any atom is -0.508 e. The molecule has 3 atom stereocenters. The Bertz CT molecular complexity index is 1100. The number of aromatic hydroxyl groups is 1. The van der Waals surface area contributed by atoms with Crippen molar-refractivity contribution in [1.29, 1.82) is 0 Å². The van der Waals surface area contributed by atoms with Crippen LogP contribution in [-0.4, -0.2) is 60.8 Å². The van der Waals surface area contributed by atoms with Crippen molar-refractivity contribution in [2.75, 3.05) is 39.9 Å². The third kappa shape index (κ3) is 6.62. The van der Waals surface area contributed by atoms with Crippen LogP contribution in [-0.2, 0) is 24.1 Å². The molecule has 3 aliphatic rings. The molecule has 204 valence electrons. The fourth-order valence-electron chi connectivity index (χ4n) is 6.50. The minimum atomic E-state index is 0.282. The fourth-order valence-corrected chi connectivity index (χ4v) is 6.50. The van der Waals surface area contributed by atoms with Gasteiger partial charge in [0.2, 0.25) is 0 Å². The van der Waals surface area contributed by atoms with Gasteiger partial charge in [-0.1, -0.05) is 37.6 Å². The van der Waals surface area contributed by atoms with Gasteiger partial charge in [0, 0.05) is 19.1 Å². The van der Waals surface area contributed by atoms with Gasteiger partial charge in [0.25, 0.3) is 0 Å². The van der Waals surface area contributed by atoms with Gasteiger partial charge in [-0.3, -0.25) is 9.80 Å². The maximum absolute atomic E-state index is 9.91. The summed E-state index contributed by atoms with van der Waals surface area (Å²) in [6, 6.07) is 14.9. The molecule has 0 amide bonds. The fraction of sp³-hybridized carbons (Fsp3) is 0.515. The third-order valence-corrected chi connectivity index (χ3v) is 8.71. The van der Waals surface area contributed by atoms with Crippen LogP contribution in [0.3, 0.4) is 0 Å². The van der Waals surface area contributed by atoms with Crippen molar-refractivity contribution in [2.24, 2.45) is 11.8 Å². The Balaban J connectivity index is 1.23. The Morgan fingerprint density at radius 2 is 1.84 bits per heavy atom. The lowest BCUT2D eigenvalue weighted by Gasteiger charge is -2.41. The maximum Gasteiger partial charge on any atom is 0.119 e. The van der Waals surface area contributed by atoms with Crippen molar-refractivity contribution in [2.45, 2.75) is 58.0 Å². The van der Waals surface area contributed by atoms with Crippen molar-refractivity contribution in [3.05, 3.63) is 83.1 Å². The number of likely N-dealkylation sites (tertiary alicyclic amines) is 1. The lowest BCUT2D eigenvalue weighted by atomic mass is 9.72. The number of phenolic OH excluding ortho intramolecular Hbond substituents is 1. The SMILES string of the molecule is CCN(Cc1ccc(OCCN2CCCCC2)cc1)C1C=C(OC)C=CC1[C@@H]1CCc2cc(O)ccc2C1. The van der Waals surface area contributed by atoms with E-state index in [0.717, 1.165) is 57.0 Å². The first-order chi connectivity index (χ1) is 18.6. The van der Waals surface area contributed by atoms with Crippen LogP contribution in [0.25, 0.3) is 0 Å². The molecule has 5 heteroatoms. The number of ether oxygens (including phenoxy) is 2. The van der Waals surface area contributed by atoms with Gasteiger partial charge in [-0.25, -0.2) is 0 Å². The molecule has 0 spiro atoms. The van der Waals surface area contributed by atoms with Crippen LogP contribution in [0.4, 0.5) is 0 Å². The molecular formula is C33H44N2O3. The van der Waals surface area contributed by atoms with E-state index in [-0.39, 0.29) is 6.04 Å². The van der Waals surface area contributed by atoms with Gasteiger partial charge in [0.15, 0.2) is 0 Å². The molecule has 0 bridgehead atoms. The molecule has 1 saturated heterocycles. The number of rotatable bonds is 10. The van der Waals surface area contributed by atoms with E-state index in [1.165, 1.54) is 49.0 Å². The van der Waals surface area contributed by atoms with Crippen LogP contribution >= 0.6 is 0 Å². The van der Waals surface area contributed by atoms with Crippen LogP contribution in [0.5, 0.6) is 11.5 Å². The van der Waals surface area contributed by atoms with E-state index >= 15 is 0 Å². The zero-order valence-corrected chi connectivity index (χ0v) is 23.1. The monoisotopic (exact) mass is 516 g/mol.